The second-order valence-electron chi connectivity index (χ2n) is 6.33. The fraction of sp³-hybridized carbons (Fsp3) is 0.316. The standard InChI is InChI=1S/C19H21NO4S/c1-12-9-17(24-4)13(2)14(3)19(12)25(22,23)20-11-16-8-6-5-7-15(16)10-18(20)21/h5-9H,10-11H2,1-4H3. The number of hydrogen-bond acceptors (Lipinski definition) is 4. The molecule has 3 rings (SSSR count). The fourth-order valence-corrected chi connectivity index (χ4v) is 5.21. The van der Waals surface area contributed by atoms with E-state index in [9.17, 15) is 13.2 Å². The molecular weight excluding hydrogens is 338 g/mol. The Morgan fingerprint density at radius 1 is 1.04 bits per heavy atom. The maximum Gasteiger partial charge on any atom is 0.267 e. The van der Waals surface area contributed by atoms with Crippen LogP contribution in [0.3, 0.4) is 0 Å². The summed E-state index contributed by atoms with van der Waals surface area (Å²) < 4.78 is 32.8. The van der Waals surface area contributed by atoms with Gasteiger partial charge in [0.2, 0.25) is 5.91 Å². The lowest BCUT2D eigenvalue weighted by atomic mass is 10.0. The van der Waals surface area contributed by atoms with Gasteiger partial charge in [-0.05, 0) is 54.7 Å². The minimum absolute atomic E-state index is 0.0707. The van der Waals surface area contributed by atoms with Gasteiger partial charge in [0.1, 0.15) is 5.75 Å². The van der Waals surface area contributed by atoms with Crippen LogP contribution >= 0.6 is 0 Å². The van der Waals surface area contributed by atoms with Gasteiger partial charge in [-0.1, -0.05) is 24.3 Å². The lowest BCUT2D eigenvalue weighted by Gasteiger charge is -2.29. The van der Waals surface area contributed by atoms with Crippen LogP contribution in [0, 0.1) is 20.8 Å². The summed E-state index contributed by atoms with van der Waals surface area (Å²) in [5, 5.41) is 0. The summed E-state index contributed by atoms with van der Waals surface area (Å²) in [6.07, 6.45) is 0.0998. The van der Waals surface area contributed by atoms with Gasteiger partial charge in [-0.3, -0.25) is 4.79 Å². The molecule has 2 aromatic carbocycles. The SMILES string of the molecule is COc1cc(C)c(S(=O)(=O)N2Cc3ccccc3CC2=O)c(C)c1C. The van der Waals surface area contributed by atoms with Gasteiger partial charge in [0, 0.05) is 0 Å². The van der Waals surface area contributed by atoms with E-state index in [1.807, 2.05) is 31.2 Å². The number of amides is 1. The average Bonchev–Trinajstić information content (AvgIpc) is 2.57. The van der Waals surface area contributed by atoms with Crippen molar-refractivity contribution < 1.29 is 17.9 Å². The van der Waals surface area contributed by atoms with Crippen molar-refractivity contribution in [3.8, 4) is 5.75 Å². The Balaban J connectivity index is 2.12. The average molecular weight is 359 g/mol. The molecule has 1 heterocycles. The zero-order valence-corrected chi connectivity index (χ0v) is 15.6. The largest absolute Gasteiger partial charge is 0.496 e. The first-order valence-electron chi connectivity index (χ1n) is 8.04. The molecular formula is C19H21NO4S. The summed E-state index contributed by atoms with van der Waals surface area (Å²) in [5.74, 6) is 0.246. The van der Waals surface area contributed by atoms with Gasteiger partial charge in [-0.25, -0.2) is 12.7 Å². The van der Waals surface area contributed by atoms with E-state index in [0.717, 1.165) is 21.0 Å². The number of benzene rings is 2. The molecule has 6 heteroatoms. The Morgan fingerprint density at radius 3 is 2.32 bits per heavy atom. The summed E-state index contributed by atoms with van der Waals surface area (Å²) >= 11 is 0. The van der Waals surface area contributed by atoms with Gasteiger partial charge >= 0.3 is 0 Å². The summed E-state index contributed by atoms with van der Waals surface area (Å²) in [7, 11) is -2.38. The van der Waals surface area contributed by atoms with Crippen molar-refractivity contribution in [1.29, 1.82) is 0 Å². The molecule has 5 nitrogen and oxygen atoms in total. The van der Waals surface area contributed by atoms with Crippen LogP contribution in [-0.4, -0.2) is 25.7 Å². The van der Waals surface area contributed by atoms with Gasteiger partial charge < -0.3 is 4.74 Å². The van der Waals surface area contributed by atoms with Crippen molar-refractivity contribution in [3.63, 3.8) is 0 Å². The predicted octanol–water partition coefficient (Wildman–Crippen LogP) is 2.89. The first-order valence-corrected chi connectivity index (χ1v) is 9.48. The van der Waals surface area contributed by atoms with E-state index in [4.69, 9.17) is 4.74 Å². The highest BCUT2D eigenvalue weighted by Gasteiger charge is 2.35. The summed E-state index contributed by atoms with van der Waals surface area (Å²) in [4.78, 5) is 12.7. The van der Waals surface area contributed by atoms with Crippen LogP contribution in [0.1, 0.15) is 27.8 Å². The zero-order valence-electron chi connectivity index (χ0n) is 14.8. The number of carbonyl (C=O) groups excluding carboxylic acids is 1. The molecule has 0 fully saturated rings. The molecule has 0 unspecified atom stereocenters. The summed E-state index contributed by atoms with van der Waals surface area (Å²) in [6.45, 7) is 5.37. The van der Waals surface area contributed by atoms with Gasteiger partial charge in [0.25, 0.3) is 10.0 Å². The molecule has 0 radical (unpaired) electrons. The van der Waals surface area contributed by atoms with Crippen molar-refractivity contribution in [2.75, 3.05) is 7.11 Å². The van der Waals surface area contributed by atoms with Gasteiger partial charge in [0.05, 0.1) is 25.0 Å². The molecule has 0 N–H and O–H groups in total. The Morgan fingerprint density at radius 2 is 1.68 bits per heavy atom. The fourth-order valence-electron chi connectivity index (χ4n) is 3.34. The number of carbonyl (C=O) groups is 1. The number of hydrogen-bond donors (Lipinski definition) is 0. The van der Waals surface area contributed by atoms with Crippen LogP contribution in [0.15, 0.2) is 35.2 Å². The molecule has 0 saturated heterocycles. The van der Waals surface area contributed by atoms with Crippen LogP contribution in [0.5, 0.6) is 5.75 Å². The van der Waals surface area contributed by atoms with Crippen molar-refractivity contribution in [2.24, 2.45) is 0 Å². The number of sulfonamides is 1. The monoisotopic (exact) mass is 359 g/mol. The highest BCUT2D eigenvalue weighted by Crippen LogP contribution is 2.34. The quantitative estimate of drug-likeness (QED) is 0.845. The smallest absolute Gasteiger partial charge is 0.267 e. The number of aryl methyl sites for hydroxylation is 1. The topological polar surface area (TPSA) is 63.7 Å². The van der Waals surface area contributed by atoms with Gasteiger partial charge in [-0.2, -0.15) is 0 Å². The molecule has 1 amide bonds. The number of rotatable bonds is 3. The van der Waals surface area contributed by atoms with Crippen LogP contribution in [-0.2, 0) is 27.8 Å². The third-order valence-electron chi connectivity index (χ3n) is 4.80. The van der Waals surface area contributed by atoms with E-state index in [1.54, 1.807) is 27.0 Å². The van der Waals surface area contributed by atoms with E-state index in [1.165, 1.54) is 0 Å². The number of methoxy groups -OCH3 is 1. The van der Waals surface area contributed by atoms with E-state index in [2.05, 4.69) is 0 Å². The minimum Gasteiger partial charge on any atom is -0.496 e. The first-order chi connectivity index (χ1) is 11.8. The molecule has 25 heavy (non-hydrogen) atoms. The highest BCUT2D eigenvalue weighted by molar-refractivity contribution is 7.89. The second-order valence-corrected chi connectivity index (χ2v) is 8.12. The maximum absolute atomic E-state index is 13.3. The molecule has 0 aliphatic carbocycles. The molecule has 0 aromatic heterocycles. The lowest BCUT2D eigenvalue weighted by Crippen LogP contribution is -2.41. The Hall–Kier alpha value is -2.34. The molecule has 132 valence electrons. The lowest BCUT2D eigenvalue weighted by molar-refractivity contribution is -0.126. The molecule has 1 aliphatic rings. The van der Waals surface area contributed by atoms with Crippen molar-refractivity contribution in [3.05, 3.63) is 58.1 Å². The summed E-state index contributed by atoms with van der Waals surface area (Å²) in [6, 6.07) is 9.15. The van der Waals surface area contributed by atoms with Crippen LogP contribution < -0.4 is 4.74 Å². The van der Waals surface area contributed by atoms with E-state index in [0.29, 0.717) is 16.9 Å². The minimum atomic E-state index is -3.93. The van der Waals surface area contributed by atoms with Crippen LogP contribution in [0.25, 0.3) is 0 Å². The van der Waals surface area contributed by atoms with Crippen molar-refractivity contribution >= 4 is 15.9 Å². The molecule has 2 aromatic rings. The zero-order chi connectivity index (χ0) is 18.4. The summed E-state index contributed by atoms with van der Waals surface area (Å²) in [5.41, 5.74) is 3.70. The van der Waals surface area contributed by atoms with Gasteiger partial charge in [-0.15, -0.1) is 0 Å². The maximum atomic E-state index is 13.3. The predicted molar refractivity (Wildman–Crippen MR) is 95.1 cm³/mol. The number of fused-ring (bicyclic) bond motifs is 1. The first kappa shape index (κ1) is 17.5. The molecule has 0 bridgehead atoms. The number of ether oxygens (including phenoxy) is 1. The second kappa shape index (κ2) is 6.19. The third kappa shape index (κ3) is 2.80. The Bertz CT molecular complexity index is 964. The molecule has 1 aliphatic heterocycles. The van der Waals surface area contributed by atoms with Gasteiger partial charge in [0.15, 0.2) is 0 Å². The van der Waals surface area contributed by atoms with E-state index < -0.39 is 15.9 Å². The third-order valence-corrected chi connectivity index (χ3v) is 6.86. The molecule has 0 saturated carbocycles. The van der Waals surface area contributed by atoms with Crippen LogP contribution in [0.4, 0.5) is 0 Å². The Kier molecular flexibility index (Phi) is 4.33. The Labute approximate surface area is 148 Å². The normalized spacial score (nSPS) is 14.4. The van der Waals surface area contributed by atoms with Crippen LogP contribution in [0.2, 0.25) is 0 Å². The number of nitrogens with zero attached hydrogens (tertiary/aromatic N) is 1. The van der Waals surface area contributed by atoms with E-state index >= 15 is 0 Å². The molecule has 0 spiro atoms. The highest BCUT2D eigenvalue weighted by atomic mass is 32.2. The van der Waals surface area contributed by atoms with Crippen molar-refractivity contribution in [2.45, 2.75) is 38.6 Å². The van der Waals surface area contributed by atoms with E-state index in [-0.39, 0.29) is 17.9 Å². The van der Waals surface area contributed by atoms with Crippen molar-refractivity contribution in [1.82, 2.24) is 4.31 Å². The molecule has 0 atom stereocenters.